The molecule has 0 saturated carbocycles. The van der Waals surface area contributed by atoms with Gasteiger partial charge in [0, 0.05) is 45.0 Å². The number of benzene rings is 1. The van der Waals surface area contributed by atoms with Gasteiger partial charge in [-0.3, -0.25) is 14.9 Å². The van der Waals surface area contributed by atoms with Crippen LogP contribution in [0.15, 0.2) is 54.9 Å². The van der Waals surface area contributed by atoms with E-state index in [0.717, 1.165) is 11.0 Å². The van der Waals surface area contributed by atoms with Crippen molar-refractivity contribution < 1.29 is 14.6 Å². The molecule has 5 rings (SSSR count). The fraction of sp³-hybridized carbons (Fsp3) is 0.292. The van der Waals surface area contributed by atoms with Gasteiger partial charge in [-0.25, -0.2) is 14.8 Å². The van der Waals surface area contributed by atoms with Gasteiger partial charge in [0.2, 0.25) is 5.88 Å². The summed E-state index contributed by atoms with van der Waals surface area (Å²) in [4.78, 5) is 34.4. The van der Waals surface area contributed by atoms with Gasteiger partial charge < -0.3 is 20.1 Å². The van der Waals surface area contributed by atoms with Crippen LogP contribution in [-0.4, -0.2) is 80.7 Å². The van der Waals surface area contributed by atoms with Gasteiger partial charge >= 0.3 is 6.03 Å². The number of pyridine rings is 2. The second-order valence-electron chi connectivity index (χ2n) is 8.10. The first-order valence-corrected chi connectivity index (χ1v) is 11.1. The van der Waals surface area contributed by atoms with Gasteiger partial charge in [0.1, 0.15) is 11.6 Å². The second kappa shape index (κ2) is 9.54. The van der Waals surface area contributed by atoms with Gasteiger partial charge in [-0.2, -0.15) is 0 Å². The Balaban J connectivity index is 1.19. The number of fused-ring (bicyclic) bond motifs is 2. The highest BCUT2D eigenvalue weighted by molar-refractivity contribution is 5.98. The van der Waals surface area contributed by atoms with Crippen LogP contribution in [0.5, 0.6) is 5.88 Å². The minimum absolute atomic E-state index is 0.197. The van der Waals surface area contributed by atoms with E-state index in [2.05, 4.69) is 30.2 Å². The van der Waals surface area contributed by atoms with Crippen LogP contribution in [0.4, 0.5) is 10.5 Å². The molecule has 34 heavy (non-hydrogen) atoms. The van der Waals surface area contributed by atoms with Gasteiger partial charge in [-0.1, -0.05) is 12.1 Å². The monoisotopic (exact) mass is 459 g/mol. The molecule has 1 atom stereocenters. The number of carbonyl (C=O) groups excluding carboxylic acids is 1. The van der Waals surface area contributed by atoms with Gasteiger partial charge in [0.25, 0.3) is 0 Å². The van der Waals surface area contributed by atoms with Crippen molar-refractivity contribution in [1.82, 2.24) is 29.7 Å². The van der Waals surface area contributed by atoms with Crippen LogP contribution in [0.25, 0.3) is 22.1 Å². The number of β-amino-alcohol motifs (C(OH)–C–C–N with tert-alkyl or cyclic N) is 1. The number of aromatic nitrogens is 4. The number of nitrogens with zero attached hydrogens (tertiary/aromatic N) is 6. The summed E-state index contributed by atoms with van der Waals surface area (Å²) < 4.78 is 5.20. The summed E-state index contributed by atoms with van der Waals surface area (Å²) in [6.07, 6.45) is 2.52. The Kier molecular flexibility index (Phi) is 6.15. The molecule has 2 amide bonds. The first-order valence-electron chi connectivity index (χ1n) is 11.1. The number of ether oxygens (including phenoxy) is 1. The highest BCUT2D eigenvalue weighted by Crippen LogP contribution is 2.23. The van der Waals surface area contributed by atoms with Crippen LogP contribution in [0.2, 0.25) is 0 Å². The predicted octanol–water partition coefficient (Wildman–Crippen LogP) is 2.46. The Morgan fingerprint density at radius 3 is 2.62 bits per heavy atom. The molecule has 4 heterocycles. The Bertz CT molecular complexity index is 1320. The lowest BCUT2D eigenvalue weighted by atomic mass is 10.2. The van der Waals surface area contributed by atoms with Crippen molar-refractivity contribution in [1.29, 1.82) is 0 Å². The number of piperazine rings is 1. The maximum absolute atomic E-state index is 12.9. The second-order valence-corrected chi connectivity index (χ2v) is 8.10. The van der Waals surface area contributed by atoms with Gasteiger partial charge in [0.15, 0.2) is 0 Å². The summed E-state index contributed by atoms with van der Waals surface area (Å²) in [6.45, 7) is 2.81. The molecule has 1 fully saturated rings. The predicted molar refractivity (Wildman–Crippen MR) is 128 cm³/mol. The lowest BCUT2D eigenvalue weighted by Gasteiger charge is -2.35. The van der Waals surface area contributed by atoms with Crippen LogP contribution in [0, 0.1) is 0 Å². The minimum atomic E-state index is -0.748. The number of rotatable bonds is 5. The topological polar surface area (TPSA) is 117 Å². The maximum Gasteiger partial charge on any atom is 0.321 e. The smallest absolute Gasteiger partial charge is 0.321 e. The Morgan fingerprint density at radius 2 is 1.82 bits per heavy atom. The third-order valence-electron chi connectivity index (χ3n) is 5.91. The summed E-state index contributed by atoms with van der Waals surface area (Å²) in [5.74, 6) is 0.458. The van der Waals surface area contributed by atoms with Crippen molar-refractivity contribution in [2.45, 2.75) is 6.10 Å². The fourth-order valence-corrected chi connectivity index (χ4v) is 4.02. The molecular weight excluding hydrogens is 434 g/mol. The average Bonchev–Trinajstić information content (AvgIpc) is 2.88. The van der Waals surface area contributed by atoms with Crippen LogP contribution in [-0.2, 0) is 0 Å². The van der Waals surface area contributed by atoms with Crippen LogP contribution in [0.1, 0.15) is 11.8 Å². The highest BCUT2D eigenvalue weighted by Gasteiger charge is 2.24. The van der Waals surface area contributed by atoms with Crippen molar-refractivity contribution in [3.05, 3.63) is 60.6 Å². The lowest BCUT2D eigenvalue weighted by molar-refractivity contribution is 0.0809. The van der Waals surface area contributed by atoms with E-state index < -0.39 is 6.10 Å². The number of nitrogens with one attached hydrogen (secondary N) is 1. The Hall–Kier alpha value is -3.89. The summed E-state index contributed by atoms with van der Waals surface area (Å²) in [5.41, 5.74) is 3.95. The number of amides is 2. The van der Waals surface area contributed by atoms with Crippen molar-refractivity contribution in [2.75, 3.05) is 45.2 Å². The van der Waals surface area contributed by atoms with Crippen LogP contribution < -0.4 is 10.1 Å². The molecule has 10 nitrogen and oxygen atoms in total. The molecule has 1 aliphatic rings. The molecule has 1 aliphatic heterocycles. The number of hydrogen-bond donors (Lipinski definition) is 2. The summed E-state index contributed by atoms with van der Waals surface area (Å²) in [6, 6.07) is 12.7. The summed E-state index contributed by atoms with van der Waals surface area (Å²) in [5, 5.41) is 13.6. The van der Waals surface area contributed by atoms with E-state index in [1.807, 2.05) is 24.3 Å². The quantitative estimate of drug-likeness (QED) is 0.468. The maximum atomic E-state index is 12.9. The molecule has 4 aromatic rings. The molecule has 1 aromatic carbocycles. The molecular formula is C24H25N7O3. The van der Waals surface area contributed by atoms with Crippen LogP contribution in [0.3, 0.4) is 0 Å². The first kappa shape index (κ1) is 21.9. The van der Waals surface area contributed by atoms with E-state index in [-0.39, 0.29) is 6.03 Å². The van der Waals surface area contributed by atoms with Gasteiger partial charge in [0.05, 0.1) is 41.2 Å². The number of methoxy groups -OCH3 is 1. The van der Waals surface area contributed by atoms with Crippen molar-refractivity contribution in [3.63, 3.8) is 0 Å². The SMILES string of the molecule is COc1ccc2nccc(NC(=O)N3CCN(CC(O)c4cnc5ccccc5n4)CC3)c2n1. The molecule has 3 aromatic heterocycles. The lowest BCUT2D eigenvalue weighted by Crippen LogP contribution is -2.50. The number of carbonyl (C=O) groups is 1. The fourth-order valence-electron chi connectivity index (χ4n) is 4.02. The number of para-hydroxylation sites is 2. The molecule has 1 saturated heterocycles. The standard InChI is InChI=1S/C24H25N7O3/c1-34-22-7-6-18-23(29-22)19(8-9-25-18)28-24(33)31-12-10-30(11-13-31)15-21(32)20-14-26-16-4-2-3-5-17(16)27-20/h2-9,14,21,32H,10-13,15H2,1H3,(H,25,28,33). The van der Waals surface area contributed by atoms with Gasteiger partial charge in [-0.05, 0) is 24.3 Å². The zero-order chi connectivity index (χ0) is 23.5. The summed E-state index contributed by atoms with van der Waals surface area (Å²) in [7, 11) is 1.55. The molecule has 1 unspecified atom stereocenters. The molecule has 0 radical (unpaired) electrons. The van der Waals surface area contributed by atoms with Crippen molar-refractivity contribution in [2.24, 2.45) is 0 Å². The highest BCUT2D eigenvalue weighted by atomic mass is 16.5. The third kappa shape index (κ3) is 4.59. The normalized spacial score (nSPS) is 15.4. The number of hydrogen-bond acceptors (Lipinski definition) is 8. The van der Waals surface area contributed by atoms with E-state index in [1.54, 1.807) is 42.6 Å². The largest absolute Gasteiger partial charge is 0.481 e. The minimum Gasteiger partial charge on any atom is -0.481 e. The Morgan fingerprint density at radius 1 is 1.03 bits per heavy atom. The van der Waals surface area contributed by atoms with E-state index in [1.165, 1.54) is 0 Å². The Labute approximate surface area is 196 Å². The van der Waals surface area contributed by atoms with Crippen molar-refractivity contribution >= 4 is 33.8 Å². The zero-order valence-corrected chi connectivity index (χ0v) is 18.8. The molecule has 0 bridgehead atoms. The molecule has 10 heteroatoms. The zero-order valence-electron chi connectivity index (χ0n) is 18.8. The van der Waals surface area contributed by atoms with Gasteiger partial charge in [-0.15, -0.1) is 0 Å². The van der Waals surface area contributed by atoms with E-state index in [0.29, 0.717) is 61.0 Å². The van der Waals surface area contributed by atoms with E-state index in [9.17, 15) is 9.90 Å². The first-order chi connectivity index (χ1) is 16.6. The molecule has 0 aliphatic carbocycles. The average molecular weight is 460 g/mol. The number of anilines is 1. The number of aliphatic hydroxyl groups is 1. The van der Waals surface area contributed by atoms with Crippen LogP contribution >= 0.6 is 0 Å². The molecule has 2 N–H and O–H groups in total. The number of aliphatic hydroxyl groups excluding tert-OH is 1. The third-order valence-corrected chi connectivity index (χ3v) is 5.91. The van der Waals surface area contributed by atoms with E-state index in [4.69, 9.17) is 4.74 Å². The molecule has 0 spiro atoms. The molecule has 174 valence electrons. The van der Waals surface area contributed by atoms with E-state index >= 15 is 0 Å². The number of urea groups is 1. The summed E-state index contributed by atoms with van der Waals surface area (Å²) >= 11 is 0. The van der Waals surface area contributed by atoms with Crippen molar-refractivity contribution in [3.8, 4) is 5.88 Å².